The average Bonchev–Trinajstić information content (AvgIpc) is 3.17. The van der Waals surface area contributed by atoms with Crippen molar-refractivity contribution < 1.29 is 4.79 Å². The number of aryl methyl sites for hydroxylation is 1. The maximum atomic E-state index is 12.6. The van der Waals surface area contributed by atoms with Gasteiger partial charge >= 0.3 is 0 Å². The number of rotatable bonds is 3. The first kappa shape index (κ1) is 14.6. The van der Waals surface area contributed by atoms with Gasteiger partial charge < -0.3 is 5.32 Å². The van der Waals surface area contributed by atoms with Crippen LogP contribution >= 0.6 is 0 Å². The fourth-order valence-corrected chi connectivity index (χ4v) is 3.25. The highest BCUT2D eigenvalue weighted by atomic mass is 16.1. The standard InChI is InChI=1S/C19H18N4O/c24-19(15-8-10-16(11-9-15)23-13-20-12-21-23)22-18-7-3-5-14-4-1-2-6-17(14)18/h1-2,4,6,8-13,18H,3,5,7H2,(H,22,24). The van der Waals surface area contributed by atoms with Gasteiger partial charge in [-0.15, -0.1) is 0 Å². The smallest absolute Gasteiger partial charge is 0.251 e. The second-order valence-corrected chi connectivity index (χ2v) is 6.00. The molecule has 0 radical (unpaired) electrons. The Balaban J connectivity index is 1.51. The third-order valence-electron chi connectivity index (χ3n) is 4.49. The molecule has 0 saturated carbocycles. The highest BCUT2D eigenvalue weighted by molar-refractivity contribution is 5.94. The zero-order valence-electron chi connectivity index (χ0n) is 13.2. The SMILES string of the molecule is O=C(NC1CCCc2ccccc21)c1ccc(-n2cncn2)cc1. The minimum Gasteiger partial charge on any atom is -0.345 e. The van der Waals surface area contributed by atoms with Crippen LogP contribution in [0.5, 0.6) is 0 Å². The molecule has 0 aliphatic heterocycles. The van der Waals surface area contributed by atoms with Crippen molar-refractivity contribution in [3.63, 3.8) is 0 Å². The predicted molar refractivity (Wildman–Crippen MR) is 90.9 cm³/mol. The lowest BCUT2D eigenvalue weighted by molar-refractivity contribution is 0.0933. The Kier molecular flexibility index (Phi) is 3.83. The van der Waals surface area contributed by atoms with Gasteiger partial charge in [0.1, 0.15) is 12.7 Å². The first-order chi connectivity index (χ1) is 11.8. The molecular weight excluding hydrogens is 300 g/mol. The van der Waals surface area contributed by atoms with E-state index in [-0.39, 0.29) is 11.9 Å². The highest BCUT2D eigenvalue weighted by Crippen LogP contribution is 2.29. The zero-order chi connectivity index (χ0) is 16.4. The van der Waals surface area contributed by atoms with Gasteiger partial charge in [0.15, 0.2) is 0 Å². The first-order valence-corrected chi connectivity index (χ1v) is 8.15. The van der Waals surface area contributed by atoms with Crippen LogP contribution < -0.4 is 5.32 Å². The van der Waals surface area contributed by atoms with Crippen molar-refractivity contribution in [3.8, 4) is 5.69 Å². The average molecular weight is 318 g/mol. The van der Waals surface area contributed by atoms with E-state index in [2.05, 4.69) is 33.6 Å². The summed E-state index contributed by atoms with van der Waals surface area (Å²) in [6.07, 6.45) is 6.30. The van der Waals surface area contributed by atoms with E-state index in [1.54, 1.807) is 11.0 Å². The van der Waals surface area contributed by atoms with Crippen LogP contribution in [0.1, 0.15) is 40.4 Å². The molecule has 1 atom stereocenters. The fourth-order valence-electron chi connectivity index (χ4n) is 3.25. The summed E-state index contributed by atoms with van der Waals surface area (Å²) < 4.78 is 1.67. The van der Waals surface area contributed by atoms with Crippen LogP contribution in [0.3, 0.4) is 0 Å². The number of hydrogen-bond acceptors (Lipinski definition) is 3. The van der Waals surface area contributed by atoms with Crippen molar-refractivity contribution in [2.24, 2.45) is 0 Å². The Hall–Kier alpha value is -2.95. The molecule has 120 valence electrons. The van der Waals surface area contributed by atoms with Crippen LogP contribution in [0, 0.1) is 0 Å². The summed E-state index contributed by atoms with van der Waals surface area (Å²) in [5.41, 5.74) is 4.13. The third-order valence-corrected chi connectivity index (χ3v) is 4.49. The van der Waals surface area contributed by atoms with Gasteiger partial charge in [0.25, 0.3) is 5.91 Å². The zero-order valence-corrected chi connectivity index (χ0v) is 13.2. The van der Waals surface area contributed by atoms with E-state index in [9.17, 15) is 4.79 Å². The van der Waals surface area contributed by atoms with Gasteiger partial charge in [-0.25, -0.2) is 9.67 Å². The van der Waals surface area contributed by atoms with Gasteiger partial charge in [0.05, 0.1) is 11.7 Å². The molecule has 0 saturated heterocycles. The normalized spacial score (nSPS) is 16.4. The molecule has 24 heavy (non-hydrogen) atoms. The molecule has 1 aliphatic carbocycles. The van der Waals surface area contributed by atoms with Crippen LogP contribution in [-0.2, 0) is 6.42 Å². The van der Waals surface area contributed by atoms with Gasteiger partial charge in [0.2, 0.25) is 0 Å². The van der Waals surface area contributed by atoms with Gasteiger partial charge in [-0.2, -0.15) is 5.10 Å². The largest absolute Gasteiger partial charge is 0.345 e. The molecule has 1 N–H and O–H groups in total. The van der Waals surface area contributed by atoms with Crippen molar-refractivity contribution in [3.05, 3.63) is 77.9 Å². The lowest BCUT2D eigenvalue weighted by atomic mass is 9.87. The molecule has 3 aromatic rings. The van der Waals surface area contributed by atoms with Crippen LogP contribution in [0.25, 0.3) is 5.69 Å². The topological polar surface area (TPSA) is 59.8 Å². The lowest BCUT2D eigenvalue weighted by Gasteiger charge is -2.26. The number of amides is 1. The van der Waals surface area contributed by atoms with E-state index in [4.69, 9.17) is 0 Å². The van der Waals surface area contributed by atoms with Gasteiger partial charge in [-0.3, -0.25) is 4.79 Å². The molecular formula is C19H18N4O. The first-order valence-electron chi connectivity index (χ1n) is 8.15. The summed E-state index contributed by atoms with van der Waals surface area (Å²) in [6, 6.07) is 15.9. The Labute approximate surface area is 140 Å². The molecule has 1 aliphatic rings. The fraction of sp³-hybridized carbons (Fsp3) is 0.211. The van der Waals surface area contributed by atoms with Gasteiger partial charge in [0, 0.05) is 5.56 Å². The molecule has 5 heteroatoms. The summed E-state index contributed by atoms with van der Waals surface area (Å²) in [4.78, 5) is 16.5. The number of nitrogens with one attached hydrogen (secondary N) is 1. The second kappa shape index (κ2) is 6.28. The molecule has 0 spiro atoms. The Morgan fingerprint density at radius 3 is 2.75 bits per heavy atom. The summed E-state index contributed by atoms with van der Waals surface area (Å²) >= 11 is 0. The minimum absolute atomic E-state index is 0.0400. The van der Waals surface area contributed by atoms with Gasteiger partial charge in [-0.1, -0.05) is 24.3 Å². The lowest BCUT2D eigenvalue weighted by Crippen LogP contribution is -2.30. The second-order valence-electron chi connectivity index (χ2n) is 6.00. The number of benzene rings is 2. The van der Waals surface area contributed by atoms with Crippen LogP contribution in [0.15, 0.2) is 61.2 Å². The third kappa shape index (κ3) is 2.80. The number of carbonyl (C=O) groups is 1. The molecule has 1 heterocycles. The monoisotopic (exact) mass is 318 g/mol. The molecule has 4 rings (SSSR count). The Morgan fingerprint density at radius 2 is 1.96 bits per heavy atom. The van der Waals surface area contributed by atoms with E-state index in [1.807, 2.05) is 30.3 Å². The van der Waals surface area contributed by atoms with Crippen molar-refractivity contribution in [2.75, 3.05) is 0 Å². The van der Waals surface area contributed by atoms with E-state index < -0.39 is 0 Å². The van der Waals surface area contributed by atoms with Gasteiger partial charge in [-0.05, 0) is 54.7 Å². The summed E-state index contributed by atoms with van der Waals surface area (Å²) in [6.45, 7) is 0. The predicted octanol–water partition coefficient (Wildman–Crippen LogP) is 3.07. The quantitative estimate of drug-likeness (QED) is 0.807. The van der Waals surface area contributed by atoms with Crippen LogP contribution in [-0.4, -0.2) is 20.7 Å². The Bertz CT molecular complexity index is 840. The molecule has 0 bridgehead atoms. The molecule has 1 amide bonds. The van der Waals surface area contributed by atoms with E-state index >= 15 is 0 Å². The number of fused-ring (bicyclic) bond motifs is 1. The van der Waals surface area contributed by atoms with Crippen molar-refractivity contribution in [1.29, 1.82) is 0 Å². The molecule has 1 unspecified atom stereocenters. The number of carbonyl (C=O) groups excluding carboxylic acids is 1. The molecule has 1 aromatic heterocycles. The Morgan fingerprint density at radius 1 is 1.12 bits per heavy atom. The van der Waals surface area contributed by atoms with Crippen LogP contribution in [0.2, 0.25) is 0 Å². The summed E-state index contributed by atoms with van der Waals surface area (Å²) in [5.74, 6) is -0.0400. The summed E-state index contributed by atoms with van der Waals surface area (Å²) in [5, 5.41) is 7.26. The number of nitrogens with zero attached hydrogens (tertiary/aromatic N) is 3. The van der Waals surface area contributed by atoms with E-state index in [1.165, 1.54) is 17.5 Å². The van der Waals surface area contributed by atoms with Crippen molar-refractivity contribution in [2.45, 2.75) is 25.3 Å². The number of aromatic nitrogens is 3. The molecule has 5 nitrogen and oxygen atoms in total. The molecule has 2 aromatic carbocycles. The maximum Gasteiger partial charge on any atom is 0.251 e. The van der Waals surface area contributed by atoms with Crippen molar-refractivity contribution >= 4 is 5.91 Å². The maximum absolute atomic E-state index is 12.6. The highest BCUT2D eigenvalue weighted by Gasteiger charge is 2.21. The van der Waals surface area contributed by atoms with Crippen LogP contribution in [0.4, 0.5) is 0 Å². The van der Waals surface area contributed by atoms with Crippen molar-refractivity contribution in [1.82, 2.24) is 20.1 Å². The minimum atomic E-state index is -0.0400. The van der Waals surface area contributed by atoms with E-state index in [0.717, 1.165) is 24.9 Å². The number of hydrogen-bond donors (Lipinski definition) is 1. The summed E-state index contributed by atoms with van der Waals surface area (Å²) in [7, 11) is 0. The van der Waals surface area contributed by atoms with E-state index in [0.29, 0.717) is 5.56 Å². The molecule has 0 fully saturated rings.